The van der Waals surface area contributed by atoms with Crippen LogP contribution in [0, 0.1) is 11.8 Å². The smallest absolute Gasteiger partial charge is 0.307 e. The molecule has 0 bridgehead atoms. The summed E-state index contributed by atoms with van der Waals surface area (Å²) in [5.74, 6) is 4.45. The van der Waals surface area contributed by atoms with E-state index < -0.39 is 38.4 Å². The number of carbonyl (C=O) groups excluding carboxylic acids is 3. The van der Waals surface area contributed by atoms with E-state index in [-0.39, 0.29) is 6.42 Å². The van der Waals surface area contributed by atoms with Gasteiger partial charge in [-0.3, -0.25) is 14.4 Å². The van der Waals surface area contributed by atoms with Crippen molar-refractivity contribution in [2.45, 2.75) is 92.2 Å². The molecule has 0 fully saturated rings. The molecule has 0 radical (unpaired) electrons. The number of hydrogen-bond donors (Lipinski definition) is 0. The van der Waals surface area contributed by atoms with Crippen LogP contribution in [0.5, 0.6) is 0 Å². The lowest BCUT2D eigenvalue weighted by atomic mass is 10.00. The fourth-order valence-corrected chi connectivity index (χ4v) is 5.99. The molecule has 8 heteroatoms. The van der Waals surface area contributed by atoms with Crippen molar-refractivity contribution in [1.82, 2.24) is 0 Å². The maximum atomic E-state index is 12.0. The first-order valence-corrected chi connectivity index (χ1v) is 14.3. The van der Waals surface area contributed by atoms with Crippen LogP contribution < -0.4 is 0 Å². The number of esters is 3. The second kappa shape index (κ2) is 16.7. The Bertz CT molecular complexity index is 886. The molecule has 0 unspecified atom stereocenters. The minimum Gasteiger partial charge on any atom is -0.457 e. The van der Waals surface area contributed by atoms with E-state index in [4.69, 9.17) is 18.6 Å². The molecule has 0 rings (SSSR count). The monoisotopic (exact) mass is 504 g/mol. The van der Waals surface area contributed by atoms with Crippen molar-refractivity contribution in [3.05, 3.63) is 48.0 Å². The molecular formula is C27H40O7Si. The summed E-state index contributed by atoms with van der Waals surface area (Å²) in [6.07, 6.45) is 4.31. The van der Waals surface area contributed by atoms with Gasteiger partial charge in [-0.2, -0.15) is 0 Å². The van der Waals surface area contributed by atoms with Crippen molar-refractivity contribution in [1.29, 1.82) is 0 Å². The van der Waals surface area contributed by atoms with Gasteiger partial charge in [0.2, 0.25) is 0 Å². The summed E-state index contributed by atoms with van der Waals surface area (Å²) < 4.78 is 22.2. The lowest BCUT2D eigenvalue weighted by Crippen LogP contribution is -2.42. The van der Waals surface area contributed by atoms with Gasteiger partial charge in [0.25, 0.3) is 0 Å². The van der Waals surface area contributed by atoms with Crippen LogP contribution in [0.3, 0.4) is 0 Å². The Kier molecular flexibility index (Phi) is 15.3. The maximum absolute atomic E-state index is 12.0. The molecule has 0 heterocycles. The molecule has 2 atom stereocenters. The van der Waals surface area contributed by atoms with Crippen molar-refractivity contribution < 1.29 is 33.0 Å². The van der Waals surface area contributed by atoms with Gasteiger partial charge in [-0.15, -0.1) is 0 Å². The molecule has 0 aliphatic carbocycles. The van der Waals surface area contributed by atoms with Crippen molar-refractivity contribution in [3.63, 3.8) is 0 Å². The number of allylic oxidation sites excluding steroid dienone is 2. The summed E-state index contributed by atoms with van der Waals surface area (Å²) in [6, 6.07) is 2.73. The second-order valence-electron chi connectivity index (χ2n) is 8.34. The molecule has 0 aromatic carbocycles. The fraction of sp³-hybridized carbons (Fsp3) is 0.519. The number of carbonyl (C=O) groups is 3. The molecule has 0 amide bonds. The lowest BCUT2D eigenvalue weighted by Gasteiger charge is -2.34. The third kappa shape index (κ3) is 13.5. The Morgan fingerprint density at radius 2 is 1.46 bits per heavy atom. The van der Waals surface area contributed by atoms with E-state index in [9.17, 15) is 14.4 Å². The van der Waals surface area contributed by atoms with Gasteiger partial charge < -0.3 is 18.6 Å². The number of rotatable bonds is 13. The first kappa shape index (κ1) is 32.1. The highest BCUT2D eigenvalue weighted by Crippen LogP contribution is 2.29. The Labute approximate surface area is 211 Å². The van der Waals surface area contributed by atoms with Gasteiger partial charge in [0.1, 0.15) is 12.4 Å². The van der Waals surface area contributed by atoms with Crippen molar-refractivity contribution in [2.24, 2.45) is 0 Å². The maximum Gasteiger partial charge on any atom is 0.307 e. The predicted molar refractivity (Wildman–Crippen MR) is 139 cm³/mol. The normalized spacial score (nSPS) is 13.2. The average molecular weight is 505 g/mol. The van der Waals surface area contributed by atoms with Crippen LogP contribution >= 0.6 is 0 Å². The zero-order valence-electron chi connectivity index (χ0n) is 22.4. The SMILES string of the molecule is C=C(C#CC=C(C)C)[C@H](C[C@H](OC(C)=O)C(/C=C/OC(C)=O)=C/OC(C)=O)O[Si](CC)(CC)CC. The number of hydrogen-bond acceptors (Lipinski definition) is 7. The zero-order valence-corrected chi connectivity index (χ0v) is 23.4. The third-order valence-corrected chi connectivity index (χ3v) is 9.92. The lowest BCUT2D eigenvalue weighted by molar-refractivity contribution is -0.145. The highest BCUT2D eigenvalue weighted by Gasteiger charge is 2.35. The molecule has 0 aliphatic rings. The minimum atomic E-state index is -2.10. The summed E-state index contributed by atoms with van der Waals surface area (Å²) >= 11 is 0. The Morgan fingerprint density at radius 3 is 1.91 bits per heavy atom. The van der Waals surface area contributed by atoms with E-state index in [1.807, 2.05) is 13.8 Å². The highest BCUT2D eigenvalue weighted by molar-refractivity contribution is 6.73. The van der Waals surface area contributed by atoms with Crippen LogP contribution in [0.4, 0.5) is 0 Å². The molecule has 0 aliphatic heterocycles. The largest absolute Gasteiger partial charge is 0.457 e. The first-order valence-electron chi connectivity index (χ1n) is 11.8. The molecule has 7 nitrogen and oxygen atoms in total. The summed E-state index contributed by atoms with van der Waals surface area (Å²) in [7, 11) is -2.10. The number of ether oxygens (including phenoxy) is 3. The highest BCUT2D eigenvalue weighted by atomic mass is 28.4. The standard InChI is InChI=1S/C27H40O7Si/c1-10-35(11-2,12-3)34-26(21(6)15-13-14-20(4)5)18-27(33-24(9)30)25(19-32-23(8)29)16-17-31-22(7)28/h14,16-17,19,26-27H,6,10-12,18H2,1-5,7-9H3/b17-16+,25-19+/t26-,27-/m0/s1. The van der Waals surface area contributed by atoms with Crippen molar-refractivity contribution in [2.75, 3.05) is 0 Å². The quantitative estimate of drug-likeness (QED) is 0.0788. The Hall–Kier alpha value is -2.89. The van der Waals surface area contributed by atoms with E-state index in [0.717, 1.165) is 30.0 Å². The van der Waals surface area contributed by atoms with Crippen molar-refractivity contribution >= 4 is 26.2 Å². The van der Waals surface area contributed by atoms with E-state index in [0.29, 0.717) is 11.1 Å². The molecule has 0 saturated carbocycles. The Morgan fingerprint density at radius 1 is 0.886 bits per heavy atom. The molecule has 0 N–H and O–H groups in total. The van der Waals surface area contributed by atoms with E-state index in [1.54, 1.807) is 6.08 Å². The summed E-state index contributed by atoms with van der Waals surface area (Å²) in [5, 5.41) is 0. The van der Waals surface area contributed by atoms with Crippen LogP contribution in [-0.4, -0.2) is 38.4 Å². The predicted octanol–water partition coefficient (Wildman–Crippen LogP) is 5.75. The molecule has 0 aromatic rings. The van der Waals surface area contributed by atoms with Gasteiger partial charge in [-0.25, -0.2) is 0 Å². The zero-order chi connectivity index (χ0) is 27.0. The van der Waals surface area contributed by atoms with E-state index in [1.165, 1.54) is 33.1 Å². The van der Waals surface area contributed by atoms with Gasteiger partial charge in [0.05, 0.1) is 12.4 Å². The van der Waals surface area contributed by atoms with Crippen molar-refractivity contribution in [3.8, 4) is 11.8 Å². The third-order valence-electron chi connectivity index (χ3n) is 5.27. The molecule has 0 aromatic heterocycles. The molecule has 35 heavy (non-hydrogen) atoms. The van der Waals surface area contributed by atoms with Crippen LogP contribution in [0.25, 0.3) is 0 Å². The summed E-state index contributed by atoms with van der Waals surface area (Å²) in [4.78, 5) is 34.6. The van der Waals surface area contributed by atoms with E-state index >= 15 is 0 Å². The first-order chi connectivity index (χ1) is 16.4. The molecule has 0 saturated heterocycles. The van der Waals surface area contributed by atoms with Crippen LogP contribution in [0.1, 0.15) is 61.8 Å². The van der Waals surface area contributed by atoms with Crippen LogP contribution in [-0.2, 0) is 33.0 Å². The average Bonchev–Trinajstić information content (AvgIpc) is 2.77. The van der Waals surface area contributed by atoms with E-state index in [2.05, 4.69) is 39.2 Å². The topological polar surface area (TPSA) is 88.1 Å². The molecular weight excluding hydrogens is 464 g/mol. The molecule has 194 valence electrons. The van der Waals surface area contributed by atoms with Gasteiger partial charge in [0.15, 0.2) is 8.32 Å². The minimum absolute atomic E-state index is 0.189. The fourth-order valence-electron chi connectivity index (χ4n) is 3.15. The van der Waals surface area contributed by atoms with Gasteiger partial charge in [0, 0.05) is 38.3 Å². The second-order valence-corrected chi connectivity index (χ2v) is 13.1. The van der Waals surface area contributed by atoms with Crippen LogP contribution in [0.2, 0.25) is 18.1 Å². The van der Waals surface area contributed by atoms with Gasteiger partial charge in [-0.1, -0.05) is 44.8 Å². The summed E-state index contributed by atoms with van der Waals surface area (Å²) in [6.45, 7) is 18.2. The van der Waals surface area contributed by atoms with Gasteiger partial charge in [-0.05, 0) is 44.1 Å². The van der Waals surface area contributed by atoms with Crippen LogP contribution in [0.15, 0.2) is 48.0 Å². The Balaban J connectivity index is 6.43. The summed E-state index contributed by atoms with van der Waals surface area (Å²) in [5.41, 5.74) is 1.93. The van der Waals surface area contributed by atoms with Gasteiger partial charge >= 0.3 is 17.9 Å². The molecule has 0 spiro atoms.